The molecule has 0 bridgehead atoms. The third-order valence-corrected chi connectivity index (χ3v) is 2.73. The summed E-state index contributed by atoms with van der Waals surface area (Å²) in [6, 6.07) is 11.3. The molecule has 3 aromatic rings. The molecule has 0 N–H and O–H groups in total. The molecular formula is C13H9ClN2O. The van der Waals surface area contributed by atoms with E-state index in [2.05, 4.69) is 5.10 Å². The van der Waals surface area contributed by atoms with E-state index in [1.807, 2.05) is 42.6 Å². The molecule has 0 unspecified atom stereocenters. The molecule has 0 amide bonds. The Bertz CT molecular complexity index is 615. The Morgan fingerprint density at radius 3 is 2.82 bits per heavy atom. The molecular weight excluding hydrogens is 236 g/mol. The number of hydrogen-bond acceptors (Lipinski definition) is 2. The lowest BCUT2D eigenvalue weighted by Gasteiger charge is -2.07. The first-order chi connectivity index (χ1) is 8.34. The van der Waals surface area contributed by atoms with Gasteiger partial charge < -0.3 is 4.42 Å². The predicted molar refractivity (Wildman–Crippen MR) is 66.3 cm³/mol. The lowest BCUT2D eigenvalue weighted by molar-refractivity contribution is 0.581. The van der Waals surface area contributed by atoms with Crippen molar-refractivity contribution < 1.29 is 4.42 Å². The molecule has 3 nitrogen and oxygen atoms in total. The first-order valence-electron chi connectivity index (χ1n) is 5.18. The molecule has 0 saturated heterocycles. The summed E-state index contributed by atoms with van der Waals surface area (Å²) in [5.41, 5.74) is 1.86. The van der Waals surface area contributed by atoms with Crippen molar-refractivity contribution in [1.29, 1.82) is 0 Å². The van der Waals surface area contributed by atoms with Crippen LogP contribution in [0.25, 0.3) is 17.0 Å². The van der Waals surface area contributed by atoms with Crippen LogP contribution in [0, 0.1) is 0 Å². The Hall–Kier alpha value is -2.00. The number of hydrogen-bond donors (Lipinski definition) is 0. The normalized spacial score (nSPS) is 10.6. The minimum absolute atomic E-state index is 0.673. The molecule has 1 aromatic carbocycles. The van der Waals surface area contributed by atoms with E-state index >= 15 is 0 Å². The highest BCUT2D eigenvalue weighted by Crippen LogP contribution is 2.29. The number of benzene rings is 1. The molecule has 0 saturated carbocycles. The Morgan fingerprint density at radius 1 is 1.18 bits per heavy atom. The molecule has 84 valence electrons. The number of aromatic nitrogens is 2. The Balaban J connectivity index is 2.22. The van der Waals surface area contributed by atoms with Crippen molar-refractivity contribution in [3.63, 3.8) is 0 Å². The molecule has 17 heavy (non-hydrogen) atoms. The van der Waals surface area contributed by atoms with Gasteiger partial charge in [0.2, 0.25) is 0 Å². The topological polar surface area (TPSA) is 31.0 Å². The maximum Gasteiger partial charge on any atom is 0.136 e. The summed E-state index contributed by atoms with van der Waals surface area (Å²) in [5, 5.41) is 4.89. The zero-order valence-corrected chi connectivity index (χ0v) is 9.63. The standard InChI is InChI=1S/C13H9ClN2O/c14-10-4-5-12(16-7-2-6-15-16)11(9-10)13-3-1-8-17-13/h1-9H. The molecule has 2 aromatic heterocycles. The quantitative estimate of drug-likeness (QED) is 0.687. The number of halogens is 1. The summed E-state index contributed by atoms with van der Waals surface area (Å²) in [5.74, 6) is 0.776. The zero-order chi connectivity index (χ0) is 11.7. The molecule has 0 aliphatic rings. The van der Waals surface area contributed by atoms with E-state index in [9.17, 15) is 0 Å². The highest BCUT2D eigenvalue weighted by Gasteiger charge is 2.10. The monoisotopic (exact) mass is 244 g/mol. The zero-order valence-electron chi connectivity index (χ0n) is 8.88. The SMILES string of the molecule is Clc1ccc(-n2cccn2)c(-c2ccco2)c1. The van der Waals surface area contributed by atoms with Crippen molar-refractivity contribution in [2.75, 3.05) is 0 Å². The maximum absolute atomic E-state index is 6.02. The van der Waals surface area contributed by atoms with E-state index in [0.717, 1.165) is 17.0 Å². The van der Waals surface area contributed by atoms with Crippen LogP contribution in [0.15, 0.2) is 59.5 Å². The van der Waals surface area contributed by atoms with Gasteiger partial charge in [0, 0.05) is 23.0 Å². The number of furan rings is 1. The highest BCUT2D eigenvalue weighted by atomic mass is 35.5. The second-order valence-electron chi connectivity index (χ2n) is 3.59. The van der Waals surface area contributed by atoms with Gasteiger partial charge in [-0.15, -0.1) is 0 Å². The van der Waals surface area contributed by atoms with Gasteiger partial charge in [0.15, 0.2) is 0 Å². The van der Waals surface area contributed by atoms with Crippen LogP contribution >= 0.6 is 11.6 Å². The predicted octanol–water partition coefficient (Wildman–Crippen LogP) is 3.79. The van der Waals surface area contributed by atoms with Crippen LogP contribution in [0.5, 0.6) is 0 Å². The number of rotatable bonds is 2. The third kappa shape index (κ3) is 1.85. The van der Waals surface area contributed by atoms with Gasteiger partial charge in [0.1, 0.15) is 5.76 Å². The Morgan fingerprint density at radius 2 is 2.12 bits per heavy atom. The van der Waals surface area contributed by atoms with E-state index in [1.165, 1.54) is 0 Å². The van der Waals surface area contributed by atoms with Gasteiger partial charge >= 0.3 is 0 Å². The van der Waals surface area contributed by atoms with E-state index < -0.39 is 0 Å². The van der Waals surface area contributed by atoms with Crippen LogP contribution in [0.2, 0.25) is 5.02 Å². The van der Waals surface area contributed by atoms with Crippen molar-refractivity contribution >= 4 is 11.6 Å². The summed E-state index contributed by atoms with van der Waals surface area (Å²) in [7, 11) is 0. The smallest absolute Gasteiger partial charge is 0.136 e. The Labute approximate surface area is 103 Å². The summed E-state index contributed by atoms with van der Waals surface area (Å²) in [4.78, 5) is 0. The minimum atomic E-state index is 0.673. The molecule has 4 heteroatoms. The van der Waals surface area contributed by atoms with Crippen molar-refractivity contribution in [3.05, 3.63) is 60.1 Å². The lowest BCUT2D eigenvalue weighted by atomic mass is 10.1. The van der Waals surface area contributed by atoms with Crippen molar-refractivity contribution in [2.24, 2.45) is 0 Å². The van der Waals surface area contributed by atoms with Crippen LogP contribution in [-0.4, -0.2) is 9.78 Å². The lowest BCUT2D eigenvalue weighted by Crippen LogP contribution is -1.96. The van der Waals surface area contributed by atoms with Gasteiger partial charge in [-0.3, -0.25) is 0 Å². The molecule has 3 rings (SSSR count). The largest absolute Gasteiger partial charge is 0.464 e. The molecule has 0 atom stereocenters. The van der Waals surface area contributed by atoms with Gasteiger partial charge in [-0.05, 0) is 36.4 Å². The van der Waals surface area contributed by atoms with Gasteiger partial charge in [0.05, 0.1) is 12.0 Å². The first-order valence-corrected chi connectivity index (χ1v) is 5.56. The Kier molecular flexibility index (Phi) is 2.46. The van der Waals surface area contributed by atoms with E-state index in [4.69, 9.17) is 16.0 Å². The molecule has 0 fully saturated rings. The number of nitrogens with zero attached hydrogens (tertiary/aromatic N) is 2. The van der Waals surface area contributed by atoms with Crippen molar-refractivity contribution in [2.45, 2.75) is 0 Å². The van der Waals surface area contributed by atoms with E-state index in [0.29, 0.717) is 5.02 Å². The van der Waals surface area contributed by atoms with Crippen LogP contribution in [0.4, 0.5) is 0 Å². The molecule has 0 aliphatic heterocycles. The molecule has 0 radical (unpaired) electrons. The van der Waals surface area contributed by atoms with Crippen LogP contribution in [0.3, 0.4) is 0 Å². The van der Waals surface area contributed by atoms with Gasteiger partial charge in [-0.2, -0.15) is 5.10 Å². The minimum Gasteiger partial charge on any atom is -0.464 e. The van der Waals surface area contributed by atoms with E-state index in [1.54, 1.807) is 17.1 Å². The van der Waals surface area contributed by atoms with Gasteiger partial charge in [0.25, 0.3) is 0 Å². The first kappa shape index (κ1) is 10.2. The van der Waals surface area contributed by atoms with Crippen LogP contribution in [0.1, 0.15) is 0 Å². The molecule has 0 spiro atoms. The molecule has 2 heterocycles. The van der Waals surface area contributed by atoms with Gasteiger partial charge in [-0.1, -0.05) is 11.6 Å². The van der Waals surface area contributed by atoms with Crippen LogP contribution < -0.4 is 0 Å². The second kappa shape index (κ2) is 4.11. The summed E-state index contributed by atoms with van der Waals surface area (Å²) in [6.45, 7) is 0. The fourth-order valence-corrected chi connectivity index (χ4v) is 1.92. The molecule has 0 aliphatic carbocycles. The van der Waals surface area contributed by atoms with Crippen molar-refractivity contribution in [1.82, 2.24) is 9.78 Å². The second-order valence-corrected chi connectivity index (χ2v) is 4.03. The van der Waals surface area contributed by atoms with Crippen LogP contribution in [-0.2, 0) is 0 Å². The highest BCUT2D eigenvalue weighted by molar-refractivity contribution is 6.31. The van der Waals surface area contributed by atoms with Crippen molar-refractivity contribution in [3.8, 4) is 17.0 Å². The average Bonchev–Trinajstić information content (AvgIpc) is 3.02. The van der Waals surface area contributed by atoms with E-state index in [-0.39, 0.29) is 0 Å². The average molecular weight is 245 g/mol. The summed E-state index contributed by atoms with van der Waals surface area (Å²) >= 11 is 6.02. The fraction of sp³-hybridized carbons (Fsp3) is 0. The summed E-state index contributed by atoms with van der Waals surface area (Å²) in [6.07, 6.45) is 5.26. The van der Waals surface area contributed by atoms with Gasteiger partial charge in [-0.25, -0.2) is 4.68 Å². The maximum atomic E-state index is 6.02. The third-order valence-electron chi connectivity index (χ3n) is 2.50. The fourth-order valence-electron chi connectivity index (χ4n) is 1.75. The summed E-state index contributed by atoms with van der Waals surface area (Å²) < 4.78 is 7.20.